The van der Waals surface area contributed by atoms with Crippen LogP contribution in [-0.2, 0) is 6.54 Å². The van der Waals surface area contributed by atoms with Crippen LogP contribution in [0.2, 0.25) is 0 Å². The number of nitrogens with one attached hydrogen (secondary N) is 2. The Kier molecular flexibility index (Phi) is 3.46. The van der Waals surface area contributed by atoms with Crippen molar-refractivity contribution in [2.45, 2.75) is 6.54 Å². The average Bonchev–Trinajstić information content (AvgIpc) is 3.00. The summed E-state index contributed by atoms with van der Waals surface area (Å²) in [5.74, 6) is 0.372. The molecule has 2 heterocycles. The van der Waals surface area contributed by atoms with Crippen LogP contribution < -0.4 is 10.1 Å². The van der Waals surface area contributed by atoms with E-state index >= 15 is 0 Å². The second-order valence-electron chi connectivity index (χ2n) is 4.42. The zero-order chi connectivity index (χ0) is 14.7. The molecular formula is C14H13N5O2. The number of carbonyl (C=O) groups is 1. The lowest BCUT2D eigenvalue weighted by Gasteiger charge is -2.05. The van der Waals surface area contributed by atoms with Gasteiger partial charge >= 0.3 is 0 Å². The van der Waals surface area contributed by atoms with Crippen molar-refractivity contribution >= 4 is 16.9 Å². The maximum absolute atomic E-state index is 12.1. The Morgan fingerprint density at radius 1 is 1.24 bits per heavy atom. The van der Waals surface area contributed by atoms with Gasteiger partial charge in [0.25, 0.3) is 5.91 Å². The van der Waals surface area contributed by atoms with E-state index in [4.69, 9.17) is 4.74 Å². The van der Waals surface area contributed by atoms with Crippen LogP contribution >= 0.6 is 0 Å². The number of H-pyrrole nitrogens is 1. The molecule has 0 bridgehead atoms. The van der Waals surface area contributed by atoms with E-state index in [9.17, 15) is 4.79 Å². The summed E-state index contributed by atoms with van der Waals surface area (Å²) in [5, 5.41) is 13.3. The van der Waals surface area contributed by atoms with Crippen LogP contribution in [0.1, 0.15) is 15.9 Å². The molecule has 2 N–H and O–H groups in total. The van der Waals surface area contributed by atoms with E-state index in [0.29, 0.717) is 23.5 Å². The Hall–Kier alpha value is -2.96. The number of ether oxygens (including phenoxy) is 1. The van der Waals surface area contributed by atoms with Crippen molar-refractivity contribution in [2.75, 3.05) is 7.11 Å². The second kappa shape index (κ2) is 5.58. The molecule has 0 fully saturated rings. The van der Waals surface area contributed by atoms with Crippen molar-refractivity contribution < 1.29 is 9.53 Å². The summed E-state index contributed by atoms with van der Waals surface area (Å²) >= 11 is 0. The van der Waals surface area contributed by atoms with E-state index < -0.39 is 0 Å². The smallest absolute Gasteiger partial charge is 0.251 e. The van der Waals surface area contributed by atoms with Gasteiger partial charge in [0.1, 0.15) is 11.0 Å². The molecule has 21 heavy (non-hydrogen) atoms. The van der Waals surface area contributed by atoms with Crippen LogP contribution in [0.25, 0.3) is 11.0 Å². The first kappa shape index (κ1) is 13.0. The summed E-state index contributed by atoms with van der Waals surface area (Å²) in [6.07, 6.45) is 1.67. The molecular weight excluding hydrogens is 270 g/mol. The Bertz CT molecular complexity index is 766. The number of pyridine rings is 1. The van der Waals surface area contributed by atoms with Crippen LogP contribution in [0, 0.1) is 0 Å². The third kappa shape index (κ3) is 2.81. The van der Waals surface area contributed by atoms with Gasteiger partial charge in [-0.25, -0.2) is 4.98 Å². The van der Waals surface area contributed by atoms with Crippen LogP contribution in [0.15, 0.2) is 36.5 Å². The van der Waals surface area contributed by atoms with Gasteiger partial charge in [-0.2, -0.15) is 15.4 Å². The number of rotatable bonds is 4. The topological polar surface area (TPSA) is 92.8 Å². The quantitative estimate of drug-likeness (QED) is 0.752. The Labute approximate surface area is 120 Å². The first-order valence-corrected chi connectivity index (χ1v) is 6.34. The minimum Gasteiger partial charge on any atom is -0.481 e. The lowest BCUT2D eigenvalue weighted by Crippen LogP contribution is -2.22. The molecule has 0 aliphatic rings. The predicted molar refractivity (Wildman–Crippen MR) is 75.8 cm³/mol. The van der Waals surface area contributed by atoms with Crippen LogP contribution in [0.5, 0.6) is 5.88 Å². The van der Waals surface area contributed by atoms with Gasteiger partial charge in [-0.05, 0) is 23.8 Å². The van der Waals surface area contributed by atoms with Crippen molar-refractivity contribution in [2.24, 2.45) is 0 Å². The highest BCUT2D eigenvalue weighted by atomic mass is 16.5. The molecule has 7 nitrogen and oxygen atoms in total. The molecule has 1 amide bonds. The van der Waals surface area contributed by atoms with E-state index in [1.54, 1.807) is 37.6 Å². The third-order valence-electron chi connectivity index (χ3n) is 3.04. The van der Waals surface area contributed by atoms with Gasteiger partial charge in [-0.15, -0.1) is 0 Å². The molecule has 1 aromatic carbocycles. The van der Waals surface area contributed by atoms with Crippen LogP contribution in [0.4, 0.5) is 0 Å². The number of nitrogens with zero attached hydrogens (tertiary/aromatic N) is 3. The zero-order valence-corrected chi connectivity index (χ0v) is 11.3. The van der Waals surface area contributed by atoms with Crippen molar-refractivity contribution in [3.05, 3.63) is 47.7 Å². The maximum atomic E-state index is 12.1. The highest BCUT2D eigenvalue weighted by Crippen LogP contribution is 2.11. The van der Waals surface area contributed by atoms with E-state index in [-0.39, 0.29) is 5.91 Å². The predicted octanol–water partition coefficient (Wildman–Crippen LogP) is 1.29. The maximum Gasteiger partial charge on any atom is 0.251 e. The summed E-state index contributed by atoms with van der Waals surface area (Å²) in [6.45, 7) is 0.396. The van der Waals surface area contributed by atoms with Gasteiger partial charge in [0.15, 0.2) is 0 Å². The summed E-state index contributed by atoms with van der Waals surface area (Å²) in [4.78, 5) is 16.2. The number of hydrogen-bond donors (Lipinski definition) is 2. The van der Waals surface area contributed by atoms with Gasteiger partial charge in [0.05, 0.1) is 7.11 Å². The molecule has 106 valence electrons. The molecule has 0 aliphatic carbocycles. The molecule has 0 atom stereocenters. The second-order valence-corrected chi connectivity index (χ2v) is 4.42. The molecule has 0 unspecified atom stereocenters. The highest BCUT2D eigenvalue weighted by molar-refractivity contribution is 5.97. The SMILES string of the molecule is COc1ccc(CNC(=O)c2ccc3n[nH]nc3c2)cn1. The van der Waals surface area contributed by atoms with E-state index in [2.05, 4.69) is 25.7 Å². The largest absolute Gasteiger partial charge is 0.481 e. The first-order valence-electron chi connectivity index (χ1n) is 6.34. The number of methoxy groups -OCH3 is 1. The summed E-state index contributed by atoms with van der Waals surface area (Å²) < 4.78 is 4.98. The zero-order valence-electron chi connectivity index (χ0n) is 11.3. The number of hydrogen-bond acceptors (Lipinski definition) is 5. The van der Waals surface area contributed by atoms with Gasteiger partial charge < -0.3 is 10.1 Å². The molecule has 7 heteroatoms. The number of aromatic amines is 1. The lowest BCUT2D eigenvalue weighted by molar-refractivity contribution is 0.0951. The number of benzene rings is 1. The monoisotopic (exact) mass is 283 g/mol. The first-order chi connectivity index (χ1) is 10.3. The van der Waals surface area contributed by atoms with E-state index in [0.717, 1.165) is 11.1 Å². The summed E-state index contributed by atoms with van der Waals surface area (Å²) in [6, 6.07) is 8.77. The van der Waals surface area contributed by atoms with Gasteiger partial charge in [-0.1, -0.05) is 6.07 Å². The molecule has 0 radical (unpaired) electrons. The van der Waals surface area contributed by atoms with Crippen LogP contribution in [-0.4, -0.2) is 33.4 Å². The Morgan fingerprint density at radius 2 is 2.10 bits per heavy atom. The van der Waals surface area contributed by atoms with Gasteiger partial charge in [0.2, 0.25) is 5.88 Å². The standard InChI is InChI=1S/C14H13N5O2/c1-21-13-5-2-9(7-15-13)8-16-14(20)10-3-4-11-12(6-10)18-19-17-11/h2-7H,8H2,1H3,(H,16,20)(H,17,18,19). The Morgan fingerprint density at radius 3 is 2.86 bits per heavy atom. The fourth-order valence-corrected chi connectivity index (χ4v) is 1.90. The fraction of sp³-hybridized carbons (Fsp3) is 0.143. The highest BCUT2D eigenvalue weighted by Gasteiger charge is 2.08. The number of fused-ring (bicyclic) bond motifs is 1. The van der Waals surface area contributed by atoms with Crippen molar-refractivity contribution in [3.63, 3.8) is 0 Å². The van der Waals surface area contributed by atoms with Crippen LogP contribution in [0.3, 0.4) is 0 Å². The number of carbonyl (C=O) groups excluding carboxylic acids is 1. The van der Waals surface area contributed by atoms with Gasteiger partial charge in [-0.3, -0.25) is 4.79 Å². The molecule has 3 rings (SSSR count). The molecule has 0 aliphatic heterocycles. The fourth-order valence-electron chi connectivity index (χ4n) is 1.90. The van der Waals surface area contributed by atoms with Crippen molar-refractivity contribution in [1.29, 1.82) is 0 Å². The minimum absolute atomic E-state index is 0.171. The summed E-state index contributed by atoms with van der Waals surface area (Å²) in [5.41, 5.74) is 2.82. The van der Waals surface area contributed by atoms with E-state index in [1.807, 2.05) is 6.07 Å². The molecule has 0 spiro atoms. The number of aromatic nitrogens is 4. The molecule has 0 saturated heterocycles. The van der Waals surface area contributed by atoms with Crippen molar-refractivity contribution in [3.8, 4) is 5.88 Å². The molecule has 0 saturated carbocycles. The molecule has 3 aromatic rings. The van der Waals surface area contributed by atoms with E-state index in [1.165, 1.54) is 0 Å². The third-order valence-corrected chi connectivity index (χ3v) is 3.04. The lowest BCUT2D eigenvalue weighted by atomic mass is 10.2. The average molecular weight is 283 g/mol. The number of amides is 1. The Balaban J connectivity index is 1.67. The molecule has 2 aromatic heterocycles. The summed E-state index contributed by atoms with van der Waals surface area (Å²) in [7, 11) is 1.56. The normalized spacial score (nSPS) is 10.5. The van der Waals surface area contributed by atoms with Gasteiger partial charge in [0, 0.05) is 24.4 Å². The van der Waals surface area contributed by atoms with Crippen molar-refractivity contribution in [1.82, 2.24) is 25.7 Å². The minimum atomic E-state index is -0.171.